The second-order valence-corrected chi connectivity index (χ2v) is 8.22. The number of rotatable bonds is 9. The number of hydrogen-bond donors (Lipinski definition) is 2. The van der Waals surface area contributed by atoms with Crippen LogP contribution in [0.2, 0.25) is 10.2 Å². The zero-order valence-electron chi connectivity index (χ0n) is 19.9. The molecule has 0 aliphatic rings. The summed E-state index contributed by atoms with van der Waals surface area (Å²) in [7, 11) is 3.03. The van der Waals surface area contributed by atoms with Crippen LogP contribution in [0.5, 0.6) is 0 Å². The highest BCUT2D eigenvalue weighted by atomic mass is 35.5. The number of pyridine rings is 1. The number of carbonyl (C=O) groups is 3. The minimum Gasteiger partial charge on any atom is -0.460 e. The number of benzene rings is 1. The van der Waals surface area contributed by atoms with Crippen LogP contribution in [0, 0.1) is 5.82 Å². The maximum atomic E-state index is 13.2. The van der Waals surface area contributed by atoms with Crippen LogP contribution >= 0.6 is 23.2 Å². The predicted octanol–water partition coefficient (Wildman–Crippen LogP) is 3.43. The van der Waals surface area contributed by atoms with Crippen molar-refractivity contribution >= 4 is 52.7 Å². The molecule has 3 aromatic rings. The van der Waals surface area contributed by atoms with Crippen molar-refractivity contribution in [2.75, 3.05) is 30.9 Å². The zero-order valence-corrected chi connectivity index (χ0v) is 21.4. The quantitative estimate of drug-likeness (QED) is 0.381. The van der Waals surface area contributed by atoms with Gasteiger partial charge < -0.3 is 20.1 Å². The maximum absolute atomic E-state index is 13.2. The molecule has 0 aliphatic heterocycles. The number of aromatic nitrogens is 4. The molecular weight excluding hydrogens is 532 g/mol. The molecule has 0 saturated heterocycles. The minimum atomic E-state index is -1.08. The van der Waals surface area contributed by atoms with Crippen molar-refractivity contribution in [1.29, 1.82) is 0 Å². The summed E-state index contributed by atoms with van der Waals surface area (Å²) in [5.41, 5.74) is 0.342. The number of likely N-dealkylation sites (N-methyl/N-ethyl adjacent to an activating group) is 1. The Bertz CT molecular complexity index is 1310. The Balaban J connectivity index is 1.68. The highest BCUT2D eigenvalue weighted by Gasteiger charge is 2.25. The monoisotopic (exact) mass is 553 g/mol. The number of amides is 2. The lowest BCUT2D eigenvalue weighted by Gasteiger charge is -2.21. The number of hydrogen-bond acceptors (Lipinski definition) is 9. The zero-order chi connectivity index (χ0) is 27.1. The van der Waals surface area contributed by atoms with Gasteiger partial charge in [-0.2, -0.15) is 0 Å². The van der Waals surface area contributed by atoms with Crippen LogP contribution in [-0.4, -0.2) is 58.6 Å². The normalized spacial score (nSPS) is 11.5. The lowest BCUT2D eigenvalue weighted by atomic mass is 10.2. The Morgan fingerprint density at radius 3 is 2.68 bits per heavy atom. The van der Waals surface area contributed by atoms with Crippen LogP contribution in [0.15, 0.2) is 36.5 Å². The molecule has 0 saturated carbocycles. The second kappa shape index (κ2) is 12.4. The van der Waals surface area contributed by atoms with Crippen LogP contribution in [0.1, 0.15) is 29.2 Å². The van der Waals surface area contributed by atoms with Gasteiger partial charge in [0.1, 0.15) is 18.2 Å². The van der Waals surface area contributed by atoms with Crippen molar-refractivity contribution < 1.29 is 28.2 Å². The predicted molar refractivity (Wildman–Crippen MR) is 132 cm³/mol. The molecule has 12 nitrogen and oxygen atoms in total. The standard InChI is InChI=1S/C22H22Cl2FN7O5/c1-12(32-29-18(19(24)30-32)21(34)28-16-7-6-14(25)9-15(16)23)37-22(35)31(3)20-13(5-4-8-27-20)11-36-17(33)10-26-2/h4-9,12,26H,10-11H2,1-3H3,(H,28,34). The number of nitrogens with zero attached hydrogens (tertiary/aromatic N) is 5. The number of nitrogens with one attached hydrogen (secondary N) is 2. The van der Waals surface area contributed by atoms with Crippen LogP contribution in [0.3, 0.4) is 0 Å². The number of ether oxygens (including phenoxy) is 2. The first kappa shape index (κ1) is 27.8. The molecule has 37 heavy (non-hydrogen) atoms. The molecule has 15 heteroatoms. The summed E-state index contributed by atoms with van der Waals surface area (Å²) < 4.78 is 23.8. The third kappa shape index (κ3) is 7.12. The average Bonchev–Trinajstić information content (AvgIpc) is 3.26. The van der Waals surface area contributed by atoms with Crippen LogP contribution in [0.4, 0.5) is 20.7 Å². The SMILES string of the molecule is CNCC(=O)OCc1cccnc1N(C)C(=O)OC(C)n1nc(Cl)c(C(=O)Nc2ccc(F)cc2Cl)n1. The first-order chi connectivity index (χ1) is 17.6. The fourth-order valence-corrected chi connectivity index (χ4v) is 3.35. The molecule has 2 N–H and O–H groups in total. The Hall–Kier alpha value is -3.81. The summed E-state index contributed by atoms with van der Waals surface area (Å²) in [6.07, 6.45) is -0.440. The van der Waals surface area contributed by atoms with Crippen molar-refractivity contribution in [2.24, 2.45) is 0 Å². The van der Waals surface area contributed by atoms with E-state index in [-0.39, 0.29) is 40.5 Å². The summed E-state index contributed by atoms with van der Waals surface area (Å²) in [4.78, 5) is 43.2. The van der Waals surface area contributed by atoms with Gasteiger partial charge >= 0.3 is 12.1 Å². The largest absolute Gasteiger partial charge is 0.460 e. The second-order valence-electron chi connectivity index (χ2n) is 7.46. The van der Waals surface area contributed by atoms with E-state index >= 15 is 0 Å². The summed E-state index contributed by atoms with van der Waals surface area (Å²) in [6, 6.07) is 6.72. The first-order valence-corrected chi connectivity index (χ1v) is 11.4. The van der Waals surface area contributed by atoms with Gasteiger partial charge in [0, 0.05) is 18.8 Å². The molecule has 0 fully saturated rings. The number of halogens is 3. The summed E-state index contributed by atoms with van der Waals surface area (Å²) >= 11 is 12.0. The molecule has 0 bridgehead atoms. The average molecular weight is 554 g/mol. The number of anilines is 2. The molecule has 1 atom stereocenters. The molecule has 196 valence electrons. The van der Waals surface area contributed by atoms with Gasteiger partial charge in [0.15, 0.2) is 10.8 Å². The molecule has 2 amide bonds. The van der Waals surface area contributed by atoms with Gasteiger partial charge in [-0.1, -0.05) is 29.3 Å². The summed E-state index contributed by atoms with van der Waals surface area (Å²) in [5, 5.41) is 12.8. The van der Waals surface area contributed by atoms with E-state index in [1.165, 1.54) is 26.2 Å². The smallest absolute Gasteiger partial charge is 0.417 e. The van der Waals surface area contributed by atoms with E-state index in [0.717, 1.165) is 21.8 Å². The van der Waals surface area contributed by atoms with E-state index in [1.54, 1.807) is 19.2 Å². The highest BCUT2D eigenvalue weighted by molar-refractivity contribution is 6.35. The van der Waals surface area contributed by atoms with E-state index in [4.69, 9.17) is 32.7 Å². The first-order valence-electron chi connectivity index (χ1n) is 10.7. The fourth-order valence-electron chi connectivity index (χ4n) is 2.93. The van der Waals surface area contributed by atoms with Gasteiger partial charge in [0.05, 0.1) is 17.3 Å². The van der Waals surface area contributed by atoms with Crippen LogP contribution in [-0.2, 0) is 20.9 Å². The van der Waals surface area contributed by atoms with Gasteiger partial charge in [-0.15, -0.1) is 15.0 Å². The fraction of sp³-hybridized carbons (Fsp3) is 0.273. The molecular formula is C22H22Cl2FN7O5. The molecule has 0 aliphatic carbocycles. The van der Waals surface area contributed by atoms with E-state index in [2.05, 4.69) is 25.8 Å². The lowest BCUT2D eigenvalue weighted by molar-refractivity contribution is -0.143. The number of esters is 1. The molecule has 2 heterocycles. The molecule has 3 rings (SSSR count). The molecule has 0 spiro atoms. The van der Waals surface area contributed by atoms with Crippen molar-refractivity contribution in [3.8, 4) is 0 Å². The van der Waals surface area contributed by atoms with Crippen molar-refractivity contribution in [1.82, 2.24) is 25.3 Å². The van der Waals surface area contributed by atoms with Crippen LogP contribution < -0.4 is 15.5 Å². The van der Waals surface area contributed by atoms with E-state index in [0.29, 0.717) is 5.56 Å². The Kier molecular flexibility index (Phi) is 9.33. The molecule has 0 radical (unpaired) electrons. The van der Waals surface area contributed by atoms with E-state index in [1.807, 2.05) is 0 Å². The van der Waals surface area contributed by atoms with E-state index in [9.17, 15) is 18.8 Å². The Morgan fingerprint density at radius 2 is 1.97 bits per heavy atom. The van der Waals surface area contributed by atoms with Crippen LogP contribution in [0.25, 0.3) is 0 Å². The topological polar surface area (TPSA) is 141 Å². The van der Waals surface area contributed by atoms with E-state index < -0.39 is 30.0 Å². The molecule has 1 unspecified atom stereocenters. The van der Waals surface area contributed by atoms with Crippen molar-refractivity contribution in [2.45, 2.75) is 19.8 Å². The Morgan fingerprint density at radius 1 is 1.22 bits per heavy atom. The van der Waals surface area contributed by atoms with Crippen molar-refractivity contribution in [3.05, 3.63) is 63.8 Å². The maximum Gasteiger partial charge on any atom is 0.417 e. The van der Waals surface area contributed by atoms with Gasteiger partial charge in [-0.05, 0) is 38.2 Å². The summed E-state index contributed by atoms with van der Waals surface area (Å²) in [6.45, 7) is 1.38. The van der Waals surface area contributed by atoms with Gasteiger partial charge in [-0.3, -0.25) is 14.5 Å². The minimum absolute atomic E-state index is 0.0205. The molecule has 2 aromatic heterocycles. The summed E-state index contributed by atoms with van der Waals surface area (Å²) in [5.74, 6) is -1.59. The van der Waals surface area contributed by atoms with Gasteiger partial charge in [0.2, 0.25) is 6.23 Å². The van der Waals surface area contributed by atoms with Gasteiger partial charge in [-0.25, -0.2) is 14.2 Å². The highest BCUT2D eigenvalue weighted by Crippen LogP contribution is 2.24. The third-order valence-electron chi connectivity index (χ3n) is 4.75. The lowest BCUT2D eigenvalue weighted by Crippen LogP contribution is -2.31. The van der Waals surface area contributed by atoms with Crippen molar-refractivity contribution in [3.63, 3.8) is 0 Å². The number of carbonyl (C=O) groups excluding carboxylic acids is 3. The third-order valence-corrected chi connectivity index (χ3v) is 5.32. The molecule has 1 aromatic carbocycles. The Labute approximate surface area is 220 Å². The van der Waals surface area contributed by atoms with Gasteiger partial charge in [0.25, 0.3) is 5.91 Å².